The summed E-state index contributed by atoms with van der Waals surface area (Å²) in [4.78, 5) is 34.0. The van der Waals surface area contributed by atoms with Gasteiger partial charge < -0.3 is 20.9 Å². The van der Waals surface area contributed by atoms with Crippen LogP contribution in [0.25, 0.3) is 11.1 Å². The number of sulfonamides is 1. The molecule has 0 saturated carbocycles. The van der Waals surface area contributed by atoms with Crippen LogP contribution < -0.4 is 16.2 Å². The van der Waals surface area contributed by atoms with Gasteiger partial charge in [0.05, 0.1) is 12.0 Å². The molecule has 0 spiro atoms. The zero-order chi connectivity index (χ0) is 31.0. The van der Waals surface area contributed by atoms with Crippen LogP contribution in [0.5, 0.6) is 0 Å². The number of primary sulfonamides is 1. The lowest BCUT2D eigenvalue weighted by molar-refractivity contribution is -0.192. The van der Waals surface area contributed by atoms with E-state index in [-0.39, 0.29) is 22.7 Å². The van der Waals surface area contributed by atoms with Gasteiger partial charge in [-0.2, -0.15) is 13.2 Å². The summed E-state index contributed by atoms with van der Waals surface area (Å²) in [5.41, 5.74) is 7.96. The molecule has 0 aliphatic heterocycles. The Bertz CT molecular complexity index is 1540. The largest absolute Gasteiger partial charge is 0.490 e. The number of methoxy groups -OCH3 is 1. The average molecular weight is 595 g/mol. The van der Waals surface area contributed by atoms with E-state index in [4.69, 9.17) is 30.9 Å². The number of nitrogen functional groups attached to an aromatic ring is 1. The number of carboxylic acid groups (broad SMARTS) is 1. The van der Waals surface area contributed by atoms with Gasteiger partial charge in [-0.3, -0.25) is 10.2 Å². The molecule has 0 aliphatic carbocycles. The highest BCUT2D eigenvalue weighted by molar-refractivity contribution is 7.89. The SMILES string of the molecule is COC(=O)[C@H](Cc1cccc(C(=N)N)c1)NC(=O)c1ccc(-c2ccccc2S(N)(=O)=O)cc1.O=C(O)C(F)(F)F. The van der Waals surface area contributed by atoms with Crippen LogP contribution in [0.2, 0.25) is 0 Å². The molecule has 11 nitrogen and oxygen atoms in total. The first kappa shape index (κ1) is 32.5. The Hall–Kier alpha value is -4.76. The molecule has 218 valence electrons. The molecule has 41 heavy (non-hydrogen) atoms. The number of benzene rings is 3. The van der Waals surface area contributed by atoms with Crippen molar-refractivity contribution in [2.75, 3.05) is 7.11 Å². The Morgan fingerprint density at radius 2 is 1.59 bits per heavy atom. The number of aliphatic carboxylic acids is 1. The Morgan fingerprint density at radius 1 is 1.00 bits per heavy atom. The van der Waals surface area contributed by atoms with Crippen molar-refractivity contribution in [2.24, 2.45) is 10.9 Å². The van der Waals surface area contributed by atoms with Crippen molar-refractivity contribution in [3.8, 4) is 11.1 Å². The smallest absolute Gasteiger partial charge is 0.475 e. The fraction of sp³-hybridized carbons (Fsp3) is 0.154. The van der Waals surface area contributed by atoms with E-state index >= 15 is 0 Å². The molecule has 0 fully saturated rings. The van der Waals surface area contributed by atoms with E-state index < -0.39 is 40.1 Å². The molecule has 3 aromatic carbocycles. The Balaban J connectivity index is 0.000000745. The second-order valence-corrected chi connectivity index (χ2v) is 9.82. The van der Waals surface area contributed by atoms with Crippen molar-refractivity contribution in [3.63, 3.8) is 0 Å². The van der Waals surface area contributed by atoms with E-state index in [0.29, 0.717) is 22.3 Å². The molecule has 0 aromatic heterocycles. The number of carbonyl (C=O) groups is 3. The minimum atomic E-state index is -5.08. The number of ether oxygens (including phenoxy) is 1. The number of amidine groups is 1. The third-order valence-electron chi connectivity index (χ3n) is 5.36. The van der Waals surface area contributed by atoms with Crippen LogP contribution in [0.3, 0.4) is 0 Å². The van der Waals surface area contributed by atoms with Crippen molar-refractivity contribution in [2.45, 2.75) is 23.5 Å². The number of nitrogens with one attached hydrogen (secondary N) is 2. The number of hydrogen-bond acceptors (Lipinski definition) is 7. The van der Waals surface area contributed by atoms with E-state index in [1.54, 1.807) is 54.6 Å². The first-order valence-corrected chi connectivity index (χ1v) is 12.9. The summed E-state index contributed by atoms with van der Waals surface area (Å²) in [5.74, 6) is -4.00. The van der Waals surface area contributed by atoms with Crippen LogP contribution in [0.4, 0.5) is 13.2 Å². The molecule has 3 rings (SSSR count). The van der Waals surface area contributed by atoms with Crippen LogP contribution >= 0.6 is 0 Å². The number of alkyl halides is 3. The van der Waals surface area contributed by atoms with E-state index in [9.17, 15) is 31.2 Å². The molecular formula is C26H25F3N4O7S. The molecule has 0 radical (unpaired) electrons. The van der Waals surface area contributed by atoms with Crippen LogP contribution in [0.15, 0.2) is 77.7 Å². The van der Waals surface area contributed by atoms with Crippen LogP contribution in [-0.4, -0.2) is 56.5 Å². The standard InChI is InChI=1S/C24H24N4O5S.C2HF3O2/c1-33-24(30)20(14-15-5-4-6-18(13-15)22(25)26)28-23(29)17-11-9-16(10-12-17)19-7-2-3-8-21(19)34(27,31)32;3-2(4,5)1(6)7/h2-13,20H,14H2,1H3,(H3,25,26)(H,28,29)(H2,27,31,32);(H,6,7)/t20-;/m0./s1. The summed E-state index contributed by atoms with van der Waals surface area (Å²) in [6, 6.07) is 18.4. The monoisotopic (exact) mass is 594 g/mol. The van der Waals surface area contributed by atoms with Gasteiger partial charge in [0, 0.05) is 23.1 Å². The van der Waals surface area contributed by atoms with Crippen molar-refractivity contribution >= 4 is 33.7 Å². The Labute approximate surface area is 232 Å². The predicted octanol–water partition coefficient (Wildman–Crippen LogP) is 2.43. The van der Waals surface area contributed by atoms with Gasteiger partial charge in [0.25, 0.3) is 5.91 Å². The Morgan fingerprint density at radius 3 is 2.10 bits per heavy atom. The number of halogens is 3. The quantitative estimate of drug-likeness (QED) is 0.149. The van der Waals surface area contributed by atoms with Gasteiger partial charge in [-0.25, -0.2) is 23.1 Å². The van der Waals surface area contributed by atoms with Gasteiger partial charge in [0.2, 0.25) is 10.0 Å². The van der Waals surface area contributed by atoms with Crippen LogP contribution in [0, 0.1) is 5.41 Å². The lowest BCUT2D eigenvalue weighted by atomic mass is 10.0. The first-order chi connectivity index (χ1) is 19.0. The minimum Gasteiger partial charge on any atom is -0.475 e. The van der Waals surface area contributed by atoms with E-state index in [0.717, 1.165) is 0 Å². The van der Waals surface area contributed by atoms with Gasteiger partial charge in [-0.05, 0) is 35.4 Å². The highest BCUT2D eigenvalue weighted by Gasteiger charge is 2.38. The zero-order valence-electron chi connectivity index (χ0n) is 21.3. The number of amides is 1. The van der Waals surface area contributed by atoms with Gasteiger partial charge >= 0.3 is 18.1 Å². The molecule has 15 heteroatoms. The second-order valence-electron chi connectivity index (χ2n) is 8.29. The average Bonchev–Trinajstić information content (AvgIpc) is 2.91. The number of rotatable bonds is 8. The first-order valence-electron chi connectivity index (χ1n) is 11.4. The normalized spacial score (nSPS) is 11.8. The summed E-state index contributed by atoms with van der Waals surface area (Å²) >= 11 is 0. The molecule has 0 unspecified atom stereocenters. The van der Waals surface area contributed by atoms with E-state index in [1.165, 1.54) is 25.3 Å². The van der Waals surface area contributed by atoms with Gasteiger partial charge in [-0.15, -0.1) is 0 Å². The summed E-state index contributed by atoms with van der Waals surface area (Å²) in [7, 11) is -2.70. The molecule has 0 aliphatic rings. The maximum absolute atomic E-state index is 12.8. The summed E-state index contributed by atoms with van der Waals surface area (Å²) < 4.78 is 60.3. The van der Waals surface area contributed by atoms with Crippen LogP contribution in [-0.2, 0) is 30.8 Å². The molecule has 1 atom stereocenters. The molecule has 0 heterocycles. The molecule has 3 aromatic rings. The van der Waals surface area contributed by atoms with Gasteiger partial charge in [-0.1, -0.05) is 48.5 Å². The van der Waals surface area contributed by atoms with Gasteiger partial charge in [0.15, 0.2) is 0 Å². The fourth-order valence-corrected chi connectivity index (χ4v) is 4.19. The lowest BCUT2D eigenvalue weighted by Crippen LogP contribution is -2.43. The van der Waals surface area contributed by atoms with Crippen molar-refractivity contribution in [1.29, 1.82) is 5.41 Å². The number of carboxylic acids is 1. The molecule has 0 bridgehead atoms. The van der Waals surface area contributed by atoms with Crippen molar-refractivity contribution in [1.82, 2.24) is 5.32 Å². The zero-order valence-corrected chi connectivity index (χ0v) is 22.1. The number of carbonyl (C=O) groups excluding carboxylic acids is 2. The maximum atomic E-state index is 12.8. The molecule has 0 saturated heterocycles. The summed E-state index contributed by atoms with van der Waals surface area (Å²) in [6.07, 6.45) is -4.95. The lowest BCUT2D eigenvalue weighted by Gasteiger charge is -2.17. The maximum Gasteiger partial charge on any atom is 0.490 e. The number of hydrogen-bond donors (Lipinski definition) is 5. The Kier molecular flexibility index (Phi) is 10.7. The topological polar surface area (TPSA) is 203 Å². The molecule has 7 N–H and O–H groups in total. The fourth-order valence-electron chi connectivity index (χ4n) is 3.43. The highest BCUT2D eigenvalue weighted by atomic mass is 32.2. The van der Waals surface area contributed by atoms with E-state index in [2.05, 4.69) is 5.32 Å². The number of esters is 1. The molecule has 1 amide bonds. The number of nitrogens with two attached hydrogens (primary N) is 2. The van der Waals surface area contributed by atoms with Crippen LogP contribution in [0.1, 0.15) is 21.5 Å². The predicted molar refractivity (Wildman–Crippen MR) is 141 cm³/mol. The summed E-state index contributed by atoms with van der Waals surface area (Å²) in [6.45, 7) is 0. The van der Waals surface area contributed by atoms with Gasteiger partial charge in [0.1, 0.15) is 11.9 Å². The second kappa shape index (κ2) is 13.5. The van der Waals surface area contributed by atoms with E-state index in [1.807, 2.05) is 0 Å². The van der Waals surface area contributed by atoms with Crippen molar-refractivity contribution in [3.05, 3.63) is 89.5 Å². The highest BCUT2D eigenvalue weighted by Crippen LogP contribution is 2.26. The minimum absolute atomic E-state index is 0.0225. The summed E-state index contributed by atoms with van der Waals surface area (Å²) in [5, 5.41) is 22.7. The van der Waals surface area contributed by atoms with Crippen molar-refractivity contribution < 1.29 is 45.8 Å². The molecular weight excluding hydrogens is 569 g/mol. The third-order valence-corrected chi connectivity index (χ3v) is 6.33. The third kappa shape index (κ3) is 9.44.